The highest BCUT2D eigenvalue weighted by atomic mass is 127. The van der Waals surface area contributed by atoms with E-state index in [0.29, 0.717) is 0 Å². The van der Waals surface area contributed by atoms with E-state index >= 15 is 0 Å². The lowest BCUT2D eigenvalue weighted by molar-refractivity contribution is 0.0144. The van der Waals surface area contributed by atoms with Gasteiger partial charge < -0.3 is 4.74 Å². The Morgan fingerprint density at radius 3 is 2.92 bits per heavy atom. The molecule has 1 aromatic heterocycles. The first-order valence-electron chi connectivity index (χ1n) is 3.97. The normalized spacial score (nSPS) is 24.2. The second-order valence-electron chi connectivity index (χ2n) is 2.75. The van der Waals surface area contributed by atoms with Crippen LogP contribution in [-0.4, -0.2) is 16.8 Å². The smallest absolute Gasteiger partial charge is 0.178 e. The van der Waals surface area contributed by atoms with Crippen LogP contribution in [0.25, 0.3) is 0 Å². The Balaban J connectivity index is 2.08. The van der Waals surface area contributed by atoms with Crippen LogP contribution in [0.1, 0.15) is 30.4 Å². The molecule has 1 aromatic rings. The van der Waals surface area contributed by atoms with Gasteiger partial charge >= 0.3 is 0 Å². The number of ether oxygens (including phenoxy) is 1. The fourth-order valence-electron chi connectivity index (χ4n) is 1.28. The van der Waals surface area contributed by atoms with E-state index in [-0.39, 0.29) is 6.10 Å². The van der Waals surface area contributed by atoms with Crippen LogP contribution in [0.15, 0.2) is 0 Å². The van der Waals surface area contributed by atoms with Crippen LogP contribution in [0, 0.1) is 3.01 Å². The minimum Gasteiger partial charge on any atom is -0.371 e. The van der Waals surface area contributed by atoms with Gasteiger partial charge in [0.2, 0.25) is 0 Å². The molecular weight excluding hydrogens is 287 g/mol. The van der Waals surface area contributed by atoms with Gasteiger partial charge in [0.25, 0.3) is 0 Å². The molecule has 0 aliphatic carbocycles. The Labute approximate surface area is 88.7 Å². The lowest BCUT2D eigenvalue weighted by Gasteiger charge is -2.19. The third kappa shape index (κ3) is 1.94. The van der Waals surface area contributed by atoms with Crippen molar-refractivity contribution in [2.45, 2.75) is 25.4 Å². The number of rotatable bonds is 1. The van der Waals surface area contributed by atoms with Crippen molar-refractivity contribution in [1.82, 2.24) is 10.2 Å². The molecule has 0 N–H and O–H groups in total. The van der Waals surface area contributed by atoms with E-state index in [0.717, 1.165) is 21.0 Å². The van der Waals surface area contributed by atoms with Crippen LogP contribution < -0.4 is 0 Å². The standard InChI is InChI=1S/C7H9IN2OS/c8-7-10-9-6(12-7)5-3-1-2-4-11-5/h5H,1-4H2. The quantitative estimate of drug-likeness (QED) is 0.746. The summed E-state index contributed by atoms with van der Waals surface area (Å²) in [6, 6.07) is 0. The van der Waals surface area contributed by atoms with Gasteiger partial charge in [-0.3, -0.25) is 0 Å². The van der Waals surface area contributed by atoms with Gasteiger partial charge in [-0.2, -0.15) is 0 Å². The number of aromatic nitrogens is 2. The number of hydrogen-bond acceptors (Lipinski definition) is 4. The minimum atomic E-state index is 0.222. The van der Waals surface area contributed by atoms with Crippen molar-refractivity contribution in [1.29, 1.82) is 0 Å². The van der Waals surface area contributed by atoms with Gasteiger partial charge in [0.1, 0.15) is 11.1 Å². The third-order valence-electron chi connectivity index (χ3n) is 1.87. The van der Waals surface area contributed by atoms with E-state index in [1.807, 2.05) is 0 Å². The maximum atomic E-state index is 5.58. The van der Waals surface area contributed by atoms with Crippen molar-refractivity contribution in [2.75, 3.05) is 6.61 Å². The zero-order valence-corrected chi connectivity index (χ0v) is 9.47. The predicted molar refractivity (Wildman–Crippen MR) is 55.2 cm³/mol. The average molecular weight is 296 g/mol. The van der Waals surface area contributed by atoms with Crippen molar-refractivity contribution in [2.24, 2.45) is 0 Å². The first-order chi connectivity index (χ1) is 5.86. The average Bonchev–Trinajstić information content (AvgIpc) is 2.54. The van der Waals surface area contributed by atoms with Gasteiger partial charge in [-0.05, 0) is 41.9 Å². The summed E-state index contributed by atoms with van der Waals surface area (Å²) in [4.78, 5) is 0. The molecule has 0 saturated carbocycles. The number of halogens is 1. The predicted octanol–water partition coefficient (Wildman–Crippen LogP) is 2.38. The Kier molecular flexibility index (Phi) is 2.92. The summed E-state index contributed by atoms with van der Waals surface area (Å²) in [5.74, 6) is 0. The van der Waals surface area contributed by atoms with Crippen molar-refractivity contribution in [3.05, 3.63) is 8.02 Å². The highest BCUT2D eigenvalue weighted by Crippen LogP contribution is 2.29. The molecule has 3 nitrogen and oxygen atoms in total. The summed E-state index contributed by atoms with van der Waals surface area (Å²) < 4.78 is 6.58. The summed E-state index contributed by atoms with van der Waals surface area (Å²) in [6.07, 6.45) is 3.76. The Morgan fingerprint density at radius 2 is 2.33 bits per heavy atom. The second kappa shape index (κ2) is 3.97. The summed E-state index contributed by atoms with van der Waals surface area (Å²) in [6.45, 7) is 0.876. The highest BCUT2D eigenvalue weighted by Gasteiger charge is 2.19. The maximum Gasteiger partial charge on any atom is 0.178 e. The molecule has 5 heteroatoms. The summed E-state index contributed by atoms with van der Waals surface area (Å²) in [5.41, 5.74) is 0. The fraction of sp³-hybridized carbons (Fsp3) is 0.714. The largest absolute Gasteiger partial charge is 0.371 e. The third-order valence-corrected chi connectivity index (χ3v) is 3.55. The Morgan fingerprint density at radius 1 is 1.42 bits per heavy atom. The lowest BCUT2D eigenvalue weighted by Crippen LogP contribution is -2.11. The molecule has 0 radical (unpaired) electrons. The molecular formula is C7H9IN2OS. The topological polar surface area (TPSA) is 35.0 Å². The zero-order valence-electron chi connectivity index (χ0n) is 6.49. The molecule has 1 atom stereocenters. The molecule has 0 bridgehead atoms. The molecule has 0 aromatic carbocycles. The van der Waals surface area contributed by atoms with Crippen molar-refractivity contribution >= 4 is 33.9 Å². The van der Waals surface area contributed by atoms with E-state index in [9.17, 15) is 0 Å². The summed E-state index contributed by atoms with van der Waals surface area (Å²) in [7, 11) is 0. The monoisotopic (exact) mass is 296 g/mol. The second-order valence-corrected chi connectivity index (χ2v) is 5.51. The van der Waals surface area contributed by atoms with E-state index in [2.05, 4.69) is 32.8 Å². The van der Waals surface area contributed by atoms with Gasteiger partial charge in [-0.1, -0.05) is 11.3 Å². The molecule has 1 aliphatic heterocycles. The number of hydrogen-bond donors (Lipinski definition) is 0. The van der Waals surface area contributed by atoms with E-state index in [4.69, 9.17) is 4.74 Å². The Bertz CT molecular complexity index is 260. The van der Waals surface area contributed by atoms with E-state index in [1.54, 1.807) is 11.3 Å². The maximum absolute atomic E-state index is 5.58. The molecule has 1 fully saturated rings. The fourth-order valence-corrected chi connectivity index (χ4v) is 2.72. The number of nitrogens with zero attached hydrogens (tertiary/aromatic N) is 2. The van der Waals surface area contributed by atoms with Gasteiger partial charge in [0.05, 0.1) is 0 Å². The van der Waals surface area contributed by atoms with Gasteiger partial charge in [-0.25, -0.2) is 0 Å². The van der Waals surface area contributed by atoms with Crippen molar-refractivity contribution < 1.29 is 4.74 Å². The Hall–Kier alpha value is 0.250. The zero-order chi connectivity index (χ0) is 8.39. The molecule has 2 heterocycles. The molecule has 66 valence electrons. The molecule has 2 rings (SSSR count). The molecule has 0 amide bonds. The lowest BCUT2D eigenvalue weighted by atomic mass is 10.1. The molecule has 12 heavy (non-hydrogen) atoms. The van der Waals surface area contributed by atoms with Crippen LogP contribution in [-0.2, 0) is 4.74 Å². The summed E-state index contributed by atoms with van der Waals surface area (Å²) in [5, 5.41) is 9.08. The first-order valence-corrected chi connectivity index (χ1v) is 5.86. The van der Waals surface area contributed by atoms with Gasteiger partial charge in [0.15, 0.2) is 3.01 Å². The molecule has 1 saturated heterocycles. The van der Waals surface area contributed by atoms with Gasteiger partial charge in [0, 0.05) is 6.61 Å². The van der Waals surface area contributed by atoms with E-state index < -0.39 is 0 Å². The van der Waals surface area contributed by atoms with Crippen molar-refractivity contribution in [3.63, 3.8) is 0 Å². The van der Waals surface area contributed by atoms with Crippen LogP contribution >= 0.6 is 33.9 Å². The SMILES string of the molecule is Ic1nnc(C2CCCCO2)s1. The summed E-state index contributed by atoms with van der Waals surface area (Å²) >= 11 is 3.82. The van der Waals surface area contributed by atoms with Gasteiger partial charge in [-0.15, -0.1) is 10.2 Å². The first kappa shape index (κ1) is 8.83. The van der Waals surface area contributed by atoms with Crippen molar-refractivity contribution in [3.8, 4) is 0 Å². The van der Waals surface area contributed by atoms with Crippen LogP contribution in [0.2, 0.25) is 0 Å². The minimum absolute atomic E-state index is 0.222. The highest BCUT2D eigenvalue weighted by molar-refractivity contribution is 14.1. The molecule has 1 aliphatic rings. The van der Waals surface area contributed by atoms with Crippen LogP contribution in [0.5, 0.6) is 0 Å². The molecule has 0 spiro atoms. The molecule has 1 unspecified atom stereocenters. The van der Waals surface area contributed by atoms with Crippen LogP contribution in [0.4, 0.5) is 0 Å². The van der Waals surface area contributed by atoms with Crippen LogP contribution in [0.3, 0.4) is 0 Å². The van der Waals surface area contributed by atoms with E-state index in [1.165, 1.54) is 12.8 Å².